The van der Waals surface area contributed by atoms with Gasteiger partial charge in [0.25, 0.3) is 0 Å². The molecule has 0 unspecified atom stereocenters. The summed E-state index contributed by atoms with van der Waals surface area (Å²) < 4.78 is 49.6. The fourth-order valence-electron chi connectivity index (χ4n) is 4.91. The van der Waals surface area contributed by atoms with Crippen LogP contribution in [0.5, 0.6) is 0 Å². The third-order valence-electron chi connectivity index (χ3n) is 5.97. The molecule has 2 rings (SSSR count). The van der Waals surface area contributed by atoms with Gasteiger partial charge in [-0.2, -0.15) is 0 Å². The Kier molecular flexibility index (Phi) is 27.3. The molecule has 0 spiro atoms. The number of pyridine rings is 2. The van der Waals surface area contributed by atoms with Gasteiger partial charge < -0.3 is 54.2 Å². The Hall–Kier alpha value is -0.425. The molecular weight excluding hydrogens is 970 g/mol. The van der Waals surface area contributed by atoms with Crippen LogP contribution in [0.15, 0.2) is 36.7 Å². The van der Waals surface area contributed by atoms with Gasteiger partial charge in [0.2, 0.25) is 0 Å². The molecule has 2 heterocycles. The summed E-state index contributed by atoms with van der Waals surface area (Å²) in [5.41, 5.74) is -0.919. The Bertz CT molecular complexity index is 1400. The largest absolute Gasteiger partial charge is 3.00 e. The summed E-state index contributed by atoms with van der Waals surface area (Å²) in [5, 5.41) is 0. The molecule has 0 radical (unpaired) electrons. The molecule has 0 aliphatic rings. The van der Waals surface area contributed by atoms with E-state index < -0.39 is 77.6 Å². The maximum absolute atomic E-state index is 12.6. The minimum Gasteiger partial charge on any atom is -0.793 e. The van der Waals surface area contributed by atoms with Crippen LogP contribution in [-0.4, -0.2) is 87.5 Å². The molecule has 382 valence electrons. The number of hydrogen-bond acceptors (Lipinski definition) is 14. The zero-order chi connectivity index (χ0) is 52.3. The number of nitrogens with zero attached hydrogens (tertiary/aromatic N) is 2. The second-order valence-electron chi connectivity index (χ2n) is 24.9. The third-order valence-corrected chi connectivity index (χ3v) is 13.7. The minimum atomic E-state index is -3.91. The smallest absolute Gasteiger partial charge is 0.793 e. The van der Waals surface area contributed by atoms with Gasteiger partial charge in [0, 0.05) is 12.4 Å². The van der Waals surface area contributed by atoms with E-state index in [4.69, 9.17) is 39.8 Å². The van der Waals surface area contributed by atoms with Crippen molar-refractivity contribution < 1.29 is 86.9 Å². The van der Waals surface area contributed by atoms with E-state index in [-0.39, 0.29) is 32.7 Å². The average molecular weight is 1060 g/mol. The third kappa shape index (κ3) is 41.4. The Morgan fingerprint density at radius 2 is 0.455 bits per heavy atom. The zero-order valence-electron chi connectivity index (χ0n) is 46.8. The van der Waals surface area contributed by atoms with Crippen LogP contribution in [0.1, 0.15) is 198 Å². The first-order chi connectivity index (χ1) is 28.1. The molecule has 2 aromatic rings. The molecule has 0 atom stereocenters. The van der Waals surface area contributed by atoms with Crippen LogP contribution in [0, 0.1) is 13.8 Å². The molecule has 66 heavy (non-hydrogen) atoms. The summed E-state index contributed by atoms with van der Waals surface area (Å²) in [6, 6.07) is 8.06. The summed E-state index contributed by atoms with van der Waals surface area (Å²) >= 11 is 0. The monoisotopic (exact) mass is 1060 g/mol. The van der Waals surface area contributed by atoms with Gasteiger partial charge in [-0.15, -0.1) is 0 Å². The first kappa shape index (κ1) is 69.8. The van der Waals surface area contributed by atoms with Gasteiger partial charge in [-0.25, -0.2) is 0 Å². The van der Waals surface area contributed by atoms with Crippen molar-refractivity contribution in [3.63, 3.8) is 0 Å². The summed E-state index contributed by atoms with van der Waals surface area (Å²) in [5.74, 6) is 0. The van der Waals surface area contributed by atoms with E-state index in [0.29, 0.717) is 0 Å². The summed E-state index contributed by atoms with van der Waals surface area (Å²) in [7, 11) is -11.7. The molecule has 0 bridgehead atoms. The van der Waals surface area contributed by atoms with Gasteiger partial charge in [0.1, 0.15) is 0 Å². The standard InChI is InChI=1S/C12H12N2.3C12H27O4Si.Y/c1-9-3-5-13-11(7-9)12-8-10(2)4-6-14-12;3*1-10(2,3)14-17(13,15-11(4,5)6)16-12(7,8)9;/h3-8H,1-2H3;3*1-9H3;/q;3*-1;+3. The molecule has 2 aromatic heterocycles. The molecule has 0 amide bonds. The van der Waals surface area contributed by atoms with Crippen LogP contribution < -0.4 is 14.4 Å². The van der Waals surface area contributed by atoms with Crippen molar-refractivity contribution in [1.29, 1.82) is 0 Å². The predicted octanol–water partition coefficient (Wildman–Crippen LogP) is 9.44. The molecule has 0 aliphatic carbocycles. The number of hydrogen-bond donors (Lipinski definition) is 0. The van der Waals surface area contributed by atoms with Crippen LogP contribution in [-0.2, 0) is 72.5 Å². The molecule has 0 saturated heterocycles. The molecular formula is C48H93N2O12Si3Y. The Balaban J connectivity index is -0.000000799. The van der Waals surface area contributed by atoms with E-state index in [1.165, 1.54) is 11.1 Å². The topological polar surface area (TPSA) is 178 Å². The van der Waals surface area contributed by atoms with Crippen molar-refractivity contribution in [1.82, 2.24) is 9.97 Å². The van der Waals surface area contributed by atoms with Gasteiger partial charge in [-0.05, 0) is 236 Å². The van der Waals surface area contributed by atoms with Crippen LogP contribution in [0.2, 0.25) is 0 Å². The Morgan fingerprint density at radius 3 is 0.561 bits per heavy atom. The van der Waals surface area contributed by atoms with Gasteiger partial charge in [0.05, 0.1) is 61.8 Å². The molecule has 0 aliphatic heterocycles. The Morgan fingerprint density at radius 1 is 0.318 bits per heavy atom. The van der Waals surface area contributed by atoms with E-state index in [9.17, 15) is 14.4 Å². The fourth-order valence-corrected chi connectivity index (χ4v) is 12.0. The van der Waals surface area contributed by atoms with E-state index in [1.54, 1.807) is 0 Å². The predicted molar refractivity (Wildman–Crippen MR) is 262 cm³/mol. The average Bonchev–Trinajstić information content (AvgIpc) is 2.88. The maximum Gasteiger partial charge on any atom is 3.00 e. The van der Waals surface area contributed by atoms with Crippen molar-refractivity contribution in [3.8, 4) is 11.4 Å². The van der Waals surface area contributed by atoms with Crippen LogP contribution >= 0.6 is 0 Å². The number of aromatic nitrogens is 2. The molecule has 0 aromatic carbocycles. The Labute approximate surface area is 431 Å². The van der Waals surface area contributed by atoms with E-state index in [2.05, 4.69) is 23.8 Å². The summed E-state index contributed by atoms with van der Waals surface area (Å²) in [6.07, 6.45) is 3.63. The quantitative estimate of drug-likeness (QED) is 0.206. The molecule has 0 saturated carbocycles. The first-order valence-corrected chi connectivity index (χ1v) is 27.3. The van der Waals surface area contributed by atoms with Crippen molar-refractivity contribution in [2.24, 2.45) is 0 Å². The van der Waals surface area contributed by atoms with Crippen LogP contribution in [0.25, 0.3) is 11.4 Å². The number of aryl methyl sites for hydroxylation is 2. The molecule has 0 N–H and O–H groups in total. The molecule has 18 heteroatoms. The molecule has 0 fully saturated rings. The van der Waals surface area contributed by atoms with Crippen molar-refractivity contribution in [2.75, 3.05) is 0 Å². The second kappa shape index (κ2) is 25.8. The zero-order valence-corrected chi connectivity index (χ0v) is 52.7. The van der Waals surface area contributed by atoms with E-state index in [1.807, 2.05) is 224 Å². The second-order valence-corrected chi connectivity index (χ2v) is 29.7. The van der Waals surface area contributed by atoms with Gasteiger partial charge in [-0.3, -0.25) is 9.97 Å². The van der Waals surface area contributed by atoms with Gasteiger partial charge in [-0.1, -0.05) is 0 Å². The van der Waals surface area contributed by atoms with Crippen molar-refractivity contribution >= 4 is 27.1 Å². The van der Waals surface area contributed by atoms with Crippen molar-refractivity contribution in [2.45, 2.75) is 251 Å². The minimum absolute atomic E-state index is 0. The van der Waals surface area contributed by atoms with Crippen LogP contribution in [0.4, 0.5) is 0 Å². The van der Waals surface area contributed by atoms with E-state index in [0.717, 1.165) is 11.4 Å². The normalized spacial score (nSPS) is 13.9. The first-order valence-electron chi connectivity index (χ1n) is 22.4. The number of rotatable bonds is 10. The van der Waals surface area contributed by atoms with E-state index >= 15 is 0 Å². The molecule has 14 nitrogen and oxygen atoms in total. The van der Waals surface area contributed by atoms with Crippen LogP contribution in [0.3, 0.4) is 0 Å². The van der Waals surface area contributed by atoms with Gasteiger partial charge in [0.15, 0.2) is 0 Å². The maximum atomic E-state index is 12.6. The fraction of sp³-hybridized carbons (Fsp3) is 0.792. The summed E-state index contributed by atoms with van der Waals surface area (Å²) in [4.78, 5) is 46.4. The summed E-state index contributed by atoms with van der Waals surface area (Å²) in [6.45, 7) is 53.4. The van der Waals surface area contributed by atoms with Gasteiger partial charge >= 0.3 is 59.9 Å². The van der Waals surface area contributed by atoms with Crippen molar-refractivity contribution in [3.05, 3.63) is 47.8 Å². The SMILES string of the molecule is CC(C)(C)O[Si]([O-])(OC(C)(C)C)OC(C)(C)C.CC(C)(C)O[Si]([O-])(OC(C)(C)C)OC(C)(C)C.CC(C)(C)O[Si]([O-])(OC(C)(C)C)OC(C)(C)C.Cc1ccnc(-c2cc(C)ccn2)c1.[Y+3].